The standard InChI is InChI=1S/C10H14S2/c1-4-8-9(11-2)6-5-7-10(8)12-3/h5-7H,4H2,1-3H3. The molecule has 0 aliphatic heterocycles. The first kappa shape index (κ1) is 10.0. The molecule has 0 N–H and O–H groups in total. The average molecular weight is 198 g/mol. The minimum absolute atomic E-state index is 1.13. The van der Waals surface area contributed by atoms with Crippen molar-refractivity contribution in [1.82, 2.24) is 0 Å². The maximum atomic E-state index is 2.22. The summed E-state index contributed by atoms with van der Waals surface area (Å²) in [5, 5.41) is 0. The molecule has 66 valence electrons. The Morgan fingerprint density at radius 1 is 1.08 bits per heavy atom. The first-order chi connectivity index (χ1) is 5.83. The second kappa shape index (κ2) is 4.83. The lowest BCUT2D eigenvalue weighted by Gasteiger charge is -2.08. The molecule has 12 heavy (non-hydrogen) atoms. The molecule has 1 rings (SSSR count). The zero-order valence-electron chi connectivity index (χ0n) is 7.76. The predicted molar refractivity (Wildman–Crippen MR) is 59.4 cm³/mol. The van der Waals surface area contributed by atoms with Crippen LogP contribution in [0.5, 0.6) is 0 Å². The van der Waals surface area contributed by atoms with Crippen molar-refractivity contribution in [2.75, 3.05) is 12.5 Å². The van der Waals surface area contributed by atoms with Crippen LogP contribution in [0.25, 0.3) is 0 Å². The topological polar surface area (TPSA) is 0 Å². The summed E-state index contributed by atoms with van der Waals surface area (Å²) >= 11 is 3.67. The predicted octanol–water partition coefficient (Wildman–Crippen LogP) is 3.69. The molecule has 0 aliphatic carbocycles. The van der Waals surface area contributed by atoms with Gasteiger partial charge in [-0.3, -0.25) is 0 Å². The molecule has 0 atom stereocenters. The summed E-state index contributed by atoms with van der Waals surface area (Å²) in [4.78, 5) is 2.84. The van der Waals surface area contributed by atoms with Crippen LogP contribution in [-0.2, 0) is 6.42 Å². The Morgan fingerprint density at radius 2 is 1.58 bits per heavy atom. The highest BCUT2D eigenvalue weighted by Crippen LogP contribution is 2.29. The van der Waals surface area contributed by atoms with Crippen molar-refractivity contribution >= 4 is 23.5 Å². The number of benzene rings is 1. The summed E-state index contributed by atoms with van der Waals surface area (Å²) in [6.07, 6.45) is 5.41. The van der Waals surface area contributed by atoms with Crippen LogP contribution >= 0.6 is 23.5 Å². The van der Waals surface area contributed by atoms with E-state index >= 15 is 0 Å². The van der Waals surface area contributed by atoms with Crippen molar-refractivity contribution in [3.05, 3.63) is 23.8 Å². The van der Waals surface area contributed by atoms with E-state index in [1.807, 2.05) is 23.5 Å². The van der Waals surface area contributed by atoms with E-state index in [1.54, 1.807) is 0 Å². The quantitative estimate of drug-likeness (QED) is 0.679. The second-order valence-corrected chi connectivity index (χ2v) is 4.19. The van der Waals surface area contributed by atoms with Gasteiger partial charge in [-0.2, -0.15) is 0 Å². The van der Waals surface area contributed by atoms with Crippen LogP contribution < -0.4 is 0 Å². The third kappa shape index (κ3) is 1.99. The molecule has 0 saturated heterocycles. The molecule has 0 heterocycles. The van der Waals surface area contributed by atoms with Gasteiger partial charge in [-0.05, 0) is 36.6 Å². The van der Waals surface area contributed by atoms with Crippen LogP contribution in [0.1, 0.15) is 12.5 Å². The molecule has 1 aromatic rings. The number of rotatable bonds is 3. The molecule has 0 radical (unpaired) electrons. The summed E-state index contributed by atoms with van der Waals surface area (Å²) in [7, 11) is 0. The van der Waals surface area contributed by atoms with E-state index in [4.69, 9.17) is 0 Å². The van der Waals surface area contributed by atoms with Gasteiger partial charge in [0, 0.05) is 9.79 Å². The largest absolute Gasteiger partial charge is 0.129 e. The van der Waals surface area contributed by atoms with Crippen LogP contribution in [0.2, 0.25) is 0 Å². The minimum atomic E-state index is 1.13. The van der Waals surface area contributed by atoms with Crippen molar-refractivity contribution < 1.29 is 0 Å². The van der Waals surface area contributed by atoms with E-state index < -0.39 is 0 Å². The molecular formula is C10H14S2. The third-order valence-electron chi connectivity index (χ3n) is 1.88. The molecule has 1 aromatic carbocycles. The van der Waals surface area contributed by atoms with Crippen LogP contribution in [-0.4, -0.2) is 12.5 Å². The highest BCUT2D eigenvalue weighted by molar-refractivity contribution is 7.99. The van der Waals surface area contributed by atoms with E-state index in [0.717, 1.165) is 6.42 Å². The van der Waals surface area contributed by atoms with Gasteiger partial charge in [0.15, 0.2) is 0 Å². The first-order valence-corrected chi connectivity index (χ1v) is 6.48. The Hall–Kier alpha value is -0.0800. The van der Waals surface area contributed by atoms with Gasteiger partial charge >= 0.3 is 0 Å². The monoisotopic (exact) mass is 198 g/mol. The van der Waals surface area contributed by atoms with Gasteiger partial charge < -0.3 is 0 Å². The van der Waals surface area contributed by atoms with Crippen molar-refractivity contribution in [2.24, 2.45) is 0 Å². The van der Waals surface area contributed by atoms with Crippen molar-refractivity contribution in [3.63, 3.8) is 0 Å². The van der Waals surface area contributed by atoms with E-state index in [0.29, 0.717) is 0 Å². The highest BCUT2D eigenvalue weighted by atomic mass is 32.2. The fraction of sp³-hybridized carbons (Fsp3) is 0.400. The lowest BCUT2D eigenvalue weighted by molar-refractivity contribution is 1.03. The molecular weight excluding hydrogens is 184 g/mol. The number of thioether (sulfide) groups is 2. The lowest BCUT2D eigenvalue weighted by atomic mass is 10.2. The molecule has 2 heteroatoms. The van der Waals surface area contributed by atoms with Gasteiger partial charge in [0.05, 0.1) is 0 Å². The van der Waals surface area contributed by atoms with Crippen LogP contribution in [0.4, 0.5) is 0 Å². The van der Waals surface area contributed by atoms with Gasteiger partial charge in [0.1, 0.15) is 0 Å². The van der Waals surface area contributed by atoms with Gasteiger partial charge in [0.2, 0.25) is 0 Å². The fourth-order valence-corrected chi connectivity index (χ4v) is 2.77. The Balaban J connectivity index is 3.13. The SMILES string of the molecule is CCc1c(SC)cccc1SC. The average Bonchev–Trinajstić information content (AvgIpc) is 2.16. The van der Waals surface area contributed by atoms with Gasteiger partial charge in [0.25, 0.3) is 0 Å². The third-order valence-corrected chi connectivity index (χ3v) is 3.53. The summed E-state index contributed by atoms with van der Waals surface area (Å²) in [6.45, 7) is 2.22. The zero-order valence-corrected chi connectivity index (χ0v) is 9.39. The Morgan fingerprint density at radius 3 is 1.92 bits per heavy atom. The number of hydrogen-bond acceptors (Lipinski definition) is 2. The fourth-order valence-electron chi connectivity index (χ4n) is 1.28. The molecule has 0 amide bonds. The van der Waals surface area contributed by atoms with Crippen molar-refractivity contribution in [3.8, 4) is 0 Å². The van der Waals surface area contributed by atoms with Crippen LogP contribution in [0.15, 0.2) is 28.0 Å². The Labute approximate surface area is 83.1 Å². The number of hydrogen-bond donors (Lipinski definition) is 0. The first-order valence-electron chi connectivity index (χ1n) is 4.03. The maximum absolute atomic E-state index is 2.22. The van der Waals surface area contributed by atoms with Crippen LogP contribution in [0, 0.1) is 0 Å². The summed E-state index contributed by atoms with van der Waals surface area (Å²) in [5.74, 6) is 0. The molecule has 0 unspecified atom stereocenters. The zero-order chi connectivity index (χ0) is 8.97. The highest BCUT2D eigenvalue weighted by Gasteiger charge is 2.03. The van der Waals surface area contributed by atoms with Gasteiger partial charge in [-0.15, -0.1) is 23.5 Å². The summed E-state index contributed by atoms with van der Waals surface area (Å²) in [6, 6.07) is 6.53. The molecule has 0 bridgehead atoms. The Bertz CT molecular complexity index is 234. The van der Waals surface area contributed by atoms with Gasteiger partial charge in [-0.25, -0.2) is 0 Å². The molecule has 0 spiro atoms. The van der Waals surface area contributed by atoms with Crippen molar-refractivity contribution in [2.45, 2.75) is 23.1 Å². The lowest BCUT2D eigenvalue weighted by Crippen LogP contribution is -1.87. The molecule has 0 fully saturated rings. The maximum Gasteiger partial charge on any atom is 0.0112 e. The van der Waals surface area contributed by atoms with E-state index in [9.17, 15) is 0 Å². The van der Waals surface area contributed by atoms with E-state index in [1.165, 1.54) is 15.4 Å². The second-order valence-electron chi connectivity index (χ2n) is 2.49. The smallest absolute Gasteiger partial charge is 0.0112 e. The molecule has 0 aliphatic rings. The normalized spacial score (nSPS) is 10.2. The van der Waals surface area contributed by atoms with E-state index in [-0.39, 0.29) is 0 Å². The summed E-state index contributed by atoms with van der Waals surface area (Å²) < 4.78 is 0. The van der Waals surface area contributed by atoms with Gasteiger partial charge in [-0.1, -0.05) is 13.0 Å². The van der Waals surface area contributed by atoms with Crippen molar-refractivity contribution in [1.29, 1.82) is 0 Å². The summed E-state index contributed by atoms with van der Waals surface area (Å²) in [5.41, 5.74) is 1.50. The van der Waals surface area contributed by atoms with Crippen LogP contribution in [0.3, 0.4) is 0 Å². The molecule has 0 aromatic heterocycles. The van der Waals surface area contributed by atoms with E-state index in [2.05, 4.69) is 37.6 Å². The molecule has 0 nitrogen and oxygen atoms in total. The minimum Gasteiger partial charge on any atom is -0.129 e. The molecule has 0 saturated carbocycles. The Kier molecular flexibility index (Phi) is 4.02.